The molecule has 0 bridgehead atoms. The van der Waals surface area contributed by atoms with E-state index >= 15 is 0 Å². The average molecular weight is 343 g/mol. The Labute approximate surface area is 145 Å². The predicted octanol–water partition coefficient (Wildman–Crippen LogP) is 0.388. The van der Waals surface area contributed by atoms with Crippen LogP contribution in [0.2, 0.25) is 0 Å². The van der Waals surface area contributed by atoms with Gasteiger partial charge in [-0.25, -0.2) is 4.98 Å². The first-order valence-electron chi connectivity index (χ1n) is 8.39. The molecule has 1 N–H and O–H groups in total. The Kier molecular flexibility index (Phi) is 4.97. The van der Waals surface area contributed by atoms with Crippen LogP contribution in [0, 0.1) is 0 Å². The number of carbonyl (C=O) groups excluding carboxylic acids is 3. The number of imidazole rings is 1. The molecule has 0 radical (unpaired) electrons. The molecule has 1 aliphatic rings. The zero-order valence-corrected chi connectivity index (χ0v) is 14.1. The fourth-order valence-corrected chi connectivity index (χ4v) is 2.85. The smallest absolute Gasteiger partial charge is 0.290 e. The van der Waals surface area contributed by atoms with Crippen LogP contribution in [0.4, 0.5) is 0 Å². The summed E-state index contributed by atoms with van der Waals surface area (Å²) in [6.45, 7) is 4.44. The first-order valence-corrected chi connectivity index (χ1v) is 8.39. The lowest BCUT2D eigenvalue weighted by molar-refractivity contribution is -0.119. The number of fused-ring (bicyclic) bond motifs is 1. The molecule has 3 heterocycles. The molecule has 2 aromatic rings. The first-order chi connectivity index (χ1) is 12.2. The Hall–Kier alpha value is -2.90. The van der Waals surface area contributed by atoms with Crippen molar-refractivity contribution in [2.75, 3.05) is 32.7 Å². The van der Waals surface area contributed by atoms with Crippen LogP contribution in [0.15, 0.2) is 24.4 Å². The lowest BCUT2D eigenvalue weighted by Gasteiger charge is -2.32. The highest BCUT2D eigenvalue weighted by atomic mass is 16.2. The molecule has 8 nitrogen and oxygen atoms in total. The van der Waals surface area contributed by atoms with Crippen molar-refractivity contribution in [1.29, 1.82) is 0 Å². The Morgan fingerprint density at radius 1 is 1.24 bits per heavy atom. The summed E-state index contributed by atoms with van der Waals surface area (Å²) in [5, 5.41) is 2.80. The van der Waals surface area contributed by atoms with Gasteiger partial charge in [0.15, 0.2) is 5.69 Å². The van der Waals surface area contributed by atoms with E-state index in [0.717, 1.165) is 12.8 Å². The van der Waals surface area contributed by atoms with Crippen molar-refractivity contribution in [3.05, 3.63) is 35.9 Å². The number of amides is 3. The molecule has 0 saturated carbocycles. The number of nitrogens with one attached hydrogen (secondary N) is 1. The Bertz CT molecular complexity index is 793. The van der Waals surface area contributed by atoms with E-state index in [1.807, 2.05) is 13.0 Å². The van der Waals surface area contributed by atoms with Gasteiger partial charge in [-0.05, 0) is 18.6 Å². The van der Waals surface area contributed by atoms with Crippen LogP contribution in [-0.2, 0) is 4.79 Å². The van der Waals surface area contributed by atoms with Gasteiger partial charge in [-0.1, -0.05) is 13.0 Å². The van der Waals surface area contributed by atoms with Crippen LogP contribution in [0.5, 0.6) is 0 Å². The molecule has 0 aliphatic carbocycles. The van der Waals surface area contributed by atoms with E-state index < -0.39 is 0 Å². The Morgan fingerprint density at radius 2 is 2.00 bits per heavy atom. The standard InChI is InChI=1S/C17H21N5O3/c1-2-6-18-16(24)14-13-5-3-4-7-22(13)15(19-14)17(25)21-10-8-20(12-23)9-11-21/h3-5,7,12H,2,6,8-11H2,1H3,(H,18,24). The fraction of sp³-hybridized carbons (Fsp3) is 0.412. The summed E-state index contributed by atoms with van der Waals surface area (Å²) in [4.78, 5) is 43.7. The number of aromatic nitrogens is 2. The number of hydrogen-bond acceptors (Lipinski definition) is 4. The van der Waals surface area contributed by atoms with Gasteiger partial charge in [-0.15, -0.1) is 0 Å². The zero-order valence-electron chi connectivity index (χ0n) is 14.1. The fourth-order valence-electron chi connectivity index (χ4n) is 2.85. The molecule has 1 fully saturated rings. The molecular formula is C17H21N5O3. The van der Waals surface area contributed by atoms with Crippen molar-refractivity contribution in [1.82, 2.24) is 24.5 Å². The van der Waals surface area contributed by atoms with Crippen molar-refractivity contribution in [2.45, 2.75) is 13.3 Å². The summed E-state index contributed by atoms with van der Waals surface area (Å²) in [6, 6.07) is 5.38. The van der Waals surface area contributed by atoms with Gasteiger partial charge in [0.1, 0.15) is 0 Å². The second kappa shape index (κ2) is 7.33. The van der Waals surface area contributed by atoms with Crippen molar-refractivity contribution in [3.63, 3.8) is 0 Å². The van der Waals surface area contributed by atoms with Crippen molar-refractivity contribution < 1.29 is 14.4 Å². The Morgan fingerprint density at radius 3 is 2.68 bits per heavy atom. The van der Waals surface area contributed by atoms with Gasteiger partial charge in [-0.2, -0.15) is 0 Å². The average Bonchev–Trinajstić information content (AvgIpc) is 3.05. The SMILES string of the molecule is CCCNC(=O)c1nc(C(=O)N2CCN(C=O)CC2)n2ccccc12. The minimum atomic E-state index is -0.282. The molecule has 132 valence electrons. The number of carbonyl (C=O) groups is 3. The van der Waals surface area contributed by atoms with Crippen molar-refractivity contribution in [3.8, 4) is 0 Å². The van der Waals surface area contributed by atoms with Gasteiger partial charge >= 0.3 is 0 Å². The minimum Gasteiger partial charge on any atom is -0.351 e. The van der Waals surface area contributed by atoms with Gasteiger partial charge in [0.05, 0.1) is 5.52 Å². The van der Waals surface area contributed by atoms with E-state index in [-0.39, 0.29) is 23.3 Å². The highest BCUT2D eigenvalue weighted by Gasteiger charge is 2.27. The molecule has 1 aliphatic heterocycles. The van der Waals surface area contributed by atoms with Crippen LogP contribution in [0.3, 0.4) is 0 Å². The second-order valence-corrected chi connectivity index (χ2v) is 5.93. The molecule has 0 aromatic carbocycles. The molecule has 2 aromatic heterocycles. The van der Waals surface area contributed by atoms with E-state index in [4.69, 9.17) is 0 Å². The minimum absolute atomic E-state index is 0.219. The normalized spacial score (nSPS) is 14.6. The predicted molar refractivity (Wildman–Crippen MR) is 91.4 cm³/mol. The van der Waals surface area contributed by atoms with Crippen LogP contribution < -0.4 is 5.32 Å². The lowest BCUT2D eigenvalue weighted by Crippen LogP contribution is -2.48. The van der Waals surface area contributed by atoms with Gasteiger partial charge in [0, 0.05) is 38.9 Å². The third-order valence-electron chi connectivity index (χ3n) is 4.24. The van der Waals surface area contributed by atoms with Gasteiger partial charge < -0.3 is 15.1 Å². The third kappa shape index (κ3) is 3.33. The molecule has 0 spiro atoms. The molecule has 0 atom stereocenters. The zero-order chi connectivity index (χ0) is 17.8. The molecule has 0 unspecified atom stereocenters. The number of piperazine rings is 1. The highest BCUT2D eigenvalue weighted by molar-refractivity contribution is 6.02. The monoisotopic (exact) mass is 343 g/mol. The van der Waals surface area contributed by atoms with E-state index in [9.17, 15) is 14.4 Å². The molecule has 25 heavy (non-hydrogen) atoms. The van der Waals surface area contributed by atoms with Crippen molar-refractivity contribution >= 4 is 23.7 Å². The Balaban J connectivity index is 1.90. The van der Waals surface area contributed by atoms with Gasteiger partial charge in [0.2, 0.25) is 12.2 Å². The topological polar surface area (TPSA) is 87.0 Å². The van der Waals surface area contributed by atoms with E-state index in [0.29, 0.717) is 38.2 Å². The maximum atomic E-state index is 12.9. The summed E-state index contributed by atoms with van der Waals surface area (Å²) in [7, 11) is 0. The summed E-state index contributed by atoms with van der Waals surface area (Å²) in [6.07, 6.45) is 3.35. The maximum absolute atomic E-state index is 12.9. The van der Waals surface area contributed by atoms with Gasteiger partial charge in [0.25, 0.3) is 11.8 Å². The summed E-state index contributed by atoms with van der Waals surface area (Å²) < 4.78 is 1.65. The molecule has 1 saturated heterocycles. The molecular weight excluding hydrogens is 322 g/mol. The van der Waals surface area contributed by atoms with Crippen LogP contribution >= 0.6 is 0 Å². The summed E-state index contributed by atoms with van der Waals surface area (Å²) in [5.74, 6) is -0.298. The van der Waals surface area contributed by atoms with Crippen LogP contribution in [0.25, 0.3) is 5.52 Å². The van der Waals surface area contributed by atoms with E-state index in [2.05, 4.69) is 10.3 Å². The van der Waals surface area contributed by atoms with Crippen LogP contribution in [-0.4, -0.2) is 70.1 Å². The molecule has 3 rings (SSSR count). The molecule has 8 heteroatoms. The largest absolute Gasteiger partial charge is 0.351 e. The number of pyridine rings is 1. The van der Waals surface area contributed by atoms with E-state index in [1.165, 1.54) is 0 Å². The number of nitrogens with zero attached hydrogens (tertiary/aromatic N) is 4. The molecule has 3 amide bonds. The van der Waals surface area contributed by atoms with Crippen molar-refractivity contribution in [2.24, 2.45) is 0 Å². The summed E-state index contributed by atoms with van der Waals surface area (Å²) >= 11 is 0. The quantitative estimate of drug-likeness (QED) is 0.796. The number of hydrogen-bond donors (Lipinski definition) is 1. The lowest BCUT2D eigenvalue weighted by atomic mass is 10.3. The van der Waals surface area contributed by atoms with Crippen LogP contribution in [0.1, 0.15) is 34.5 Å². The summed E-state index contributed by atoms with van der Waals surface area (Å²) in [5.41, 5.74) is 0.856. The van der Waals surface area contributed by atoms with Gasteiger partial charge in [-0.3, -0.25) is 18.8 Å². The maximum Gasteiger partial charge on any atom is 0.290 e. The highest BCUT2D eigenvalue weighted by Crippen LogP contribution is 2.16. The first kappa shape index (κ1) is 16.9. The second-order valence-electron chi connectivity index (χ2n) is 5.93. The number of rotatable bonds is 5. The third-order valence-corrected chi connectivity index (χ3v) is 4.24. The van der Waals surface area contributed by atoms with E-state index in [1.54, 1.807) is 32.5 Å².